The van der Waals surface area contributed by atoms with Crippen LogP contribution in [0, 0.1) is 3.57 Å². The number of rotatable bonds is 10. The molecule has 0 fully saturated rings. The fraction of sp³-hybridized carbons (Fsp3) is 0.421. The molecule has 0 bridgehead atoms. The summed E-state index contributed by atoms with van der Waals surface area (Å²) in [5.74, 6) is 3.98. The van der Waals surface area contributed by atoms with Gasteiger partial charge in [0.2, 0.25) is 0 Å². The maximum absolute atomic E-state index is 13.0. The van der Waals surface area contributed by atoms with Crippen molar-refractivity contribution in [1.29, 1.82) is 0 Å². The smallest absolute Gasteiger partial charge is 0.0539 e. The summed E-state index contributed by atoms with van der Waals surface area (Å²) in [6.45, 7) is 1.52. The van der Waals surface area contributed by atoms with Crippen LogP contribution in [0.15, 0.2) is 41.3 Å². The zero-order valence-electron chi connectivity index (χ0n) is 14.1. The summed E-state index contributed by atoms with van der Waals surface area (Å²) in [7, 11) is -2.47. The van der Waals surface area contributed by atoms with E-state index in [1.165, 1.54) is 22.8 Å². The lowest BCUT2D eigenvalue weighted by Gasteiger charge is -2.14. The molecule has 1 atom stereocenters. The zero-order chi connectivity index (χ0) is 17.4. The van der Waals surface area contributed by atoms with Crippen molar-refractivity contribution < 1.29 is 4.21 Å². The Hall–Kier alpha value is -0.630. The van der Waals surface area contributed by atoms with Crippen LogP contribution in [0.3, 0.4) is 0 Å². The second-order valence-electron chi connectivity index (χ2n) is 6.07. The molecule has 1 unspecified atom stereocenters. The van der Waals surface area contributed by atoms with E-state index in [9.17, 15) is 4.21 Å². The average Bonchev–Trinajstić information content (AvgIpc) is 2.57. The first-order valence-corrected chi connectivity index (χ1v) is 11.4. The number of fused-ring (bicyclic) bond motifs is 1. The normalized spacial score (nSPS) is 13.9. The summed E-state index contributed by atoms with van der Waals surface area (Å²) in [5.41, 5.74) is 5.49. The van der Waals surface area contributed by atoms with Gasteiger partial charge in [0, 0.05) is 10.1 Å². The first-order valence-electron chi connectivity index (χ1n) is 8.55. The number of hydrogen-bond donors (Lipinski definition) is 2. The van der Waals surface area contributed by atoms with E-state index in [1.807, 2.05) is 24.3 Å². The van der Waals surface area contributed by atoms with Crippen molar-refractivity contribution in [2.75, 3.05) is 13.1 Å². The molecule has 2 aromatic rings. The first-order chi connectivity index (χ1) is 11.6. The Morgan fingerprint density at radius 1 is 0.958 bits per heavy atom. The van der Waals surface area contributed by atoms with Gasteiger partial charge in [0.05, 0.1) is 14.6 Å². The molecule has 0 aliphatic carbocycles. The molecule has 0 saturated carbocycles. The Morgan fingerprint density at radius 3 is 2.33 bits per heavy atom. The lowest BCUT2D eigenvalue weighted by molar-refractivity contribution is 0.592. The van der Waals surface area contributed by atoms with Gasteiger partial charge in [0.15, 0.2) is 0 Å². The van der Waals surface area contributed by atoms with Gasteiger partial charge < -0.3 is 5.73 Å². The molecule has 3 nitrogen and oxygen atoms in total. The molecule has 24 heavy (non-hydrogen) atoms. The third-order valence-corrected chi connectivity index (χ3v) is 6.83. The Balaban J connectivity index is 1.93. The minimum Gasteiger partial charge on any atom is -0.330 e. The quantitative estimate of drug-likeness (QED) is 0.317. The van der Waals surface area contributed by atoms with E-state index in [1.54, 1.807) is 0 Å². The molecule has 0 aliphatic rings. The van der Waals surface area contributed by atoms with E-state index < -0.39 is 9.71 Å². The summed E-state index contributed by atoms with van der Waals surface area (Å²) in [6.07, 6.45) is 6.96. The van der Waals surface area contributed by atoms with Crippen LogP contribution in [0.2, 0.25) is 0 Å². The lowest BCUT2D eigenvalue weighted by atomic mass is 10.1. The predicted molar refractivity (Wildman–Crippen MR) is 115 cm³/mol. The number of nitrogens with one attached hydrogen (secondary N) is 1. The van der Waals surface area contributed by atoms with Crippen LogP contribution in [0.5, 0.6) is 0 Å². The lowest BCUT2D eigenvalue weighted by Crippen LogP contribution is -2.24. The van der Waals surface area contributed by atoms with Gasteiger partial charge in [0.1, 0.15) is 0 Å². The van der Waals surface area contributed by atoms with Gasteiger partial charge in [-0.1, -0.05) is 49.9 Å². The number of unbranched alkanes of at least 4 members (excludes halogenated alkanes) is 5. The van der Waals surface area contributed by atoms with Crippen molar-refractivity contribution in [3.05, 3.63) is 40.0 Å². The van der Waals surface area contributed by atoms with Crippen LogP contribution in [-0.2, 0) is 9.71 Å². The van der Waals surface area contributed by atoms with Crippen LogP contribution in [0.4, 0.5) is 0 Å². The van der Waals surface area contributed by atoms with Gasteiger partial charge in [0.25, 0.3) is 0 Å². The third-order valence-electron chi connectivity index (χ3n) is 4.15. The number of halogens is 1. The van der Waals surface area contributed by atoms with Crippen LogP contribution in [-0.4, -0.2) is 23.2 Å². The average molecular weight is 458 g/mol. The Bertz CT molecular complexity index is 759. The van der Waals surface area contributed by atoms with E-state index >= 15 is 0 Å². The van der Waals surface area contributed by atoms with Crippen LogP contribution >= 0.6 is 22.6 Å². The summed E-state index contributed by atoms with van der Waals surface area (Å²) in [6, 6.07) is 12.0. The fourth-order valence-corrected chi connectivity index (χ4v) is 4.96. The van der Waals surface area contributed by atoms with E-state index in [2.05, 4.69) is 45.3 Å². The van der Waals surface area contributed by atoms with E-state index in [0.29, 0.717) is 0 Å². The van der Waals surface area contributed by atoms with Crippen molar-refractivity contribution in [2.45, 2.75) is 43.4 Å². The van der Waals surface area contributed by atoms with Gasteiger partial charge in [-0.05, 0) is 70.8 Å². The Labute approximate surface area is 159 Å². The standard InChI is InChI=1S/C19H27IN2OS/c1-24(23,22-15-7-5-3-2-4-6-14-21)19-13-9-10-16-17(19)11-8-12-18(16)20/h8-13H,1-7,14-15,21H2,(H,22,23). The first kappa shape index (κ1) is 19.7. The van der Waals surface area contributed by atoms with Crippen molar-refractivity contribution >= 4 is 48.9 Å². The summed E-state index contributed by atoms with van der Waals surface area (Å²) in [5, 5.41) is 2.16. The van der Waals surface area contributed by atoms with Gasteiger partial charge in [-0.3, -0.25) is 0 Å². The highest BCUT2D eigenvalue weighted by Crippen LogP contribution is 2.26. The third kappa shape index (κ3) is 5.44. The molecule has 2 aromatic carbocycles. The Morgan fingerprint density at radius 2 is 1.58 bits per heavy atom. The maximum Gasteiger partial charge on any atom is 0.0539 e. The summed E-state index contributed by atoms with van der Waals surface area (Å²) >= 11 is 2.31. The monoisotopic (exact) mass is 458 g/mol. The molecule has 2 rings (SSSR count). The summed E-state index contributed by atoms with van der Waals surface area (Å²) in [4.78, 5) is 0.807. The van der Waals surface area contributed by atoms with E-state index in [4.69, 9.17) is 5.73 Å². The van der Waals surface area contributed by atoms with Crippen LogP contribution in [0.1, 0.15) is 38.5 Å². The SMILES string of the molecule is C=S(=O)(NCCCCCCCCN)c1cccc2c(I)cccc12. The van der Waals surface area contributed by atoms with E-state index in [0.717, 1.165) is 48.0 Å². The maximum atomic E-state index is 13.0. The van der Waals surface area contributed by atoms with Gasteiger partial charge in [-0.15, -0.1) is 0 Å². The van der Waals surface area contributed by atoms with Gasteiger partial charge in [-0.25, -0.2) is 8.93 Å². The second-order valence-corrected chi connectivity index (χ2v) is 9.31. The van der Waals surface area contributed by atoms with Crippen molar-refractivity contribution in [3.63, 3.8) is 0 Å². The number of benzene rings is 2. The molecule has 0 aromatic heterocycles. The molecule has 132 valence electrons. The molecule has 3 N–H and O–H groups in total. The van der Waals surface area contributed by atoms with Gasteiger partial charge in [-0.2, -0.15) is 0 Å². The molecule has 0 radical (unpaired) electrons. The molecule has 0 spiro atoms. The predicted octanol–water partition coefficient (Wildman–Crippen LogP) is 4.32. The minimum atomic E-state index is -2.47. The van der Waals surface area contributed by atoms with E-state index in [-0.39, 0.29) is 0 Å². The number of nitrogens with two attached hydrogens (primary N) is 1. The molecule has 5 heteroatoms. The summed E-state index contributed by atoms with van der Waals surface area (Å²) < 4.78 is 17.4. The van der Waals surface area contributed by atoms with Gasteiger partial charge >= 0.3 is 0 Å². The topological polar surface area (TPSA) is 55.1 Å². The van der Waals surface area contributed by atoms with Crippen LogP contribution < -0.4 is 10.5 Å². The van der Waals surface area contributed by atoms with Crippen molar-refractivity contribution in [1.82, 2.24) is 4.72 Å². The zero-order valence-corrected chi connectivity index (χ0v) is 17.1. The Kier molecular flexibility index (Phi) is 8.00. The highest BCUT2D eigenvalue weighted by atomic mass is 127. The molecular formula is C19H27IN2OS. The highest BCUT2D eigenvalue weighted by molar-refractivity contribution is 14.1. The second kappa shape index (κ2) is 9.75. The highest BCUT2D eigenvalue weighted by Gasteiger charge is 2.11. The minimum absolute atomic E-state index is 0.736. The fourth-order valence-electron chi connectivity index (χ4n) is 2.82. The molecule has 0 saturated heterocycles. The molecular weight excluding hydrogens is 431 g/mol. The molecule has 0 amide bonds. The number of hydrogen-bond acceptors (Lipinski definition) is 2. The van der Waals surface area contributed by atoms with Crippen molar-refractivity contribution in [2.24, 2.45) is 5.73 Å². The molecule has 0 aliphatic heterocycles. The largest absolute Gasteiger partial charge is 0.330 e. The van der Waals surface area contributed by atoms with Crippen LogP contribution in [0.25, 0.3) is 10.8 Å². The van der Waals surface area contributed by atoms with Crippen molar-refractivity contribution in [3.8, 4) is 0 Å². The molecule has 0 heterocycles.